The van der Waals surface area contributed by atoms with Gasteiger partial charge in [-0.05, 0) is 30.5 Å². The highest BCUT2D eigenvalue weighted by Gasteiger charge is 2.45. The number of carbonyl (C=O) groups excluding carboxylic acids is 2. The second-order valence-electron chi connectivity index (χ2n) is 8.82. The summed E-state index contributed by atoms with van der Waals surface area (Å²) in [5.41, 5.74) is 1.25. The molecule has 0 unspecified atom stereocenters. The molecule has 10 heteroatoms. The summed E-state index contributed by atoms with van der Waals surface area (Å²) in [5, 5.41) is 16.8. The van der Waals surface area contributed by atoms with Gasteiger partial charge in [0, 0.05) is 50.7 Å². The van der Waals surface area contributed by atoms with Gasteiger partial charge in [-0.25, -0.2) is 15.0 Å². The van der Waals surface area contributed by atoms with Gasteiger partial charge in [0.25, 0.3) is 5.91 Å². The molecule has 0 aliphatic carbocycles. The van der Waals surface area contributed by atoms with E-state index in [-0.39, 0.29) is 17.9 Å². The number of hydrogen-bond acceptors (Lipinski definition) is 8. The third-order valence-electron chi connectivity index (χ3n) is 6.48. The van der Waals surface area contributed by atoms with E-state index in [9.17, 15) is 14.7 Å². The van der Waals surface area contributed by atoms with Gasteiger partial charge in [0.2, 0.25) is 11.9 Å². The lowest BCUT2D eigenvalue weighted by atomic mass is 9.91. The first-order valence-electron chi connectivity index (χ1n) is 11.2. The molecule has 2 N–H and O–H groups in total. The molecule has 9 nitrogen and oxygen atoms in total. The summed E-state index contributed by atoms with van der Waals surface area (Å²) >= 11 is 1.46. The molecule has 2 saturated heterocycles. The smallest absolute Gasteiger partial charge is 0.258 e. The summed E-state index contributed by atoms with van der Waals surface area (Å²) in [4.78, 5) is 41.7. The highest BCUT2D eigenvalue weighted by atomic mass is 32.1. The second-order valence-corrected chi connectivity index (χ2v) is 9.68. The Morgan fingerprint density at radius 3 is 2.76 bits per heavy atom. The SMILES string of the molecule is CN1CCC[C@H](Nc2nccc(-c3csc(-c4cccc([C@]5(O)CCN(C)C5=O)c4)n3)n2)C1=O. The van der Waals surface area contributed by atoms with Crippen LogP contribution in [0.1, 0.15) is 24.8 Å². The van der Waals surface area contributed by atoms with E-state index in [1.807, 2.05) is 23.6 Å². The standard InChI is InChI=1S/C24H26N6O3S/c1-29-11-4-7-18(21(29)31)28-23-25-10-8-17(27-23)19-14-34-20(26-19)15-5-3-6-16(13-15)24(33)9-12-30(2)22(24)32/h3,5-6,8,10,13-14,18,33H,4,7,9,11-12H2,1-2H3,(H,25,27,28)/t18-,24+/m0/s1. The number of aliphatic hydroxyl groups is 1. The Labute approximate surface area is 201 Å². The number of anilines is 1. The number of likely N-dealkylation sites (N-methyl/N-ethyl adjacent to an activating group) is 2. The number of thiazole rings is 1. The minimum absolute atomic E-state index is 0.0460. The van der Waals surface area contributed by atoms with E-state index >= 15 is 0 Å². The zero-order chi connectivity index (χ0) is 23.9. The van der Waals surface area contributed by atoms with Crippen LogP contribution in [0.2, 0.25) is 0 Å². The third kappa shape index (κ3) is 4.03. The molecule has 34 heavy (non-hydrogen) atoms. The van der Waals surface area contributed by atoms with Crippen molar-refractivity contribution in [1.82, 2.24) is 24.8 Å². The van der Waals surface area contributed by atoms with Gasteiger partial charge < -0.3 is 20.2 Å². The van der Waals surface area contributed by atoms with Gasteiger partial charge >= 0.3 is 0 Å². The average molecular weight is 479 g/mol. The molecule has 176 valence electrons. The number of benzene rings is 1. The van der Waals surface area contributed by atoms with E-state index in [0.717, 1.165) is 30.0 Å². The lowest BCUT2D eigenvalue weighted by Gasteiger charge is -2.29. The van der Waals surface area contributed by atoms with Crippen LogP contribution in [0.15, 0.2) is 41.9 Å². The van der Waals surface area contributed by atoms with Crippen molar-refractivity contribution in [3.63, 3.8) is 0 Å². The number of amides is 2. The summed E-state index contributed by atoms with van der Waals surface area (Å²) in [7, 11) is 3.50. The van der Waals surface area contributed by atoms with E-state index in [2.05, 4.69) is 15.3 Å². The first-order chi connectivity index (χ1) is 16.3. The largest absolute Gasteiger partial charge is 0.375 e. The Morgan fingerprint density at radius 2 is 1.97 bits per heavy atom. The number of likely N-dealkylation sites (tertiary alicyclic amines) is 2. The Morgan fingerprint density at radius 1 is 1.12 bits per heavy atom. The zero-order valence-electron chi connectivity index (χ0n) is 19.1. The van der Waals surface area contributed by atoms with Gasteiger partial charge in [0.05, 0.1) is 5.69 Å². The molecular formula is C24H26N6O3S. The molecule has 5 rings (SSSR count). The van der Waals surface area contributed by atoms with Crippen molar-refractivity contribution in [1.29, 1.82) is 0 Å². The number of rotatable bonds is 5. The highest BCUT2D eigenvalue weighted by Crippen LogP contribution is 2.36. The van der Waals surface area contributed by atoms with Crippen LogP contribution in [-0.4, -0.2) is 74.9 Å². The van der Waals surface area contributed by atoms with Gasteiger partial charge in [-0.3, -0.25) is 9.59 Å². The fraction of sp³-hybridized carbons (Fsp3) is 0.375. The molecular weight excluding hydrogens is 452 g/mol. The molecule has 1 aromatic carbocycles. The van der Waals surface area contributed by atoms with Crippen molar-refractivity contribution in [2.45, 2.75) is 30.9 Å². The number of carbonyl (C=O) groups is 2. The van der Waals surface area contributed by atoms with Crippen molar-refractivity contribution in [2.24, 2.45) is 0 Å². The van der Waals surface area contributed by atoms with E-state index in [1.165, 1.54) is 11.3 Å². The number of hydrogen-bond donors (Lipinski definition) is 2. The van der Waals surface area contributed by atoms with E-state index < -0.39 is 5.60 Å². The molecule has 2 atom stereocenters. The molecule has 2 amide bonds. The Bertz CT molecular complexity index is 1250. The van der Waals surface area contributed by atoms with Crippen LogP contribution in [0.4, 0.5) is 5.95 Å². The monoisotopic (exact) mass is 478 g/mol. The summed E-state index contributed by atoms with van der Waals surface area (Å²) in [6, 6.07) is 8.81. The van der Waals surface area contributed by atoms with E-state index in [4.69, 9.17) is 4.98 Å². The van der Waals surface area contributed by atoms with Crippen LogP contribution in [-0.2, 0) is 15.2 Å². The van der Waals surface area contributed by atoms with Crippen molar-refractivity contribution in [3.8, 4) is 22.0 Å². The van der Waals surface area contributed by atoms with Gasteiger partial charge in [0.1, 0.15) is 16.7 Å². The molecule has 2 fully saturated rings. The van der Waals surface area contributed by atoms with Crippen LogP contribution >= 0.6 is 11.3 Å². The van der Waals surface area contributed by atoms with Crippen molar-refractivity contribution in [2.75, 3.05) is 32.5 Å². The first kappa shape index (κ1) is 22.4. The summed E-state index contributed by atoms with van der Waals surface area (Å²) < 4.78 is 0. The fourth-order valence-electron chi connectivity index (χ4n) is 4.45. The molecule has 0 bridgehead atoms. The summed E-state index contributed by atoms with van der Waals surface area (Å²) in [5.74, 6) is 0.159. The quantitative estimate of drug-likeness (QED) is 0.579. The number of nitrogens with one attached hydrogen (secondary N) is 1. The summed E-state index contributed by atoms with van der Waals surface area (Å²) in [6.07, 6.45) is 3.70. The van der Waals surface area contributed by atoms with Crippen LogP contribution in [0.5, 0.6) is 0 Å². The van der Waals surface area contributed by atoms with Gasteiger partial charge in [-0.2, -0.15) is 0 Å². The molecule has 0 radical (unpaired) electrons. The van der Waals surface area contributed by atoms with Crippen LogP contribution < -0.4 is 5.32 Å². The number of piperidine rings is 1. The maximum absolute atomic E-state index is 12.5. The van der Waals surface area contributed by atoms with Gasteiger partial charge in [0.15, 0.2) is 5.60 Å². The molecule has 0 spiro atoms. The van der Waals surface area contributed by atoms with Crippen molar-refractivity contribution in [3.05, 3.63) is 47.5 Å². The predicted molar refractivity (Wildman–Crippen MR) is 129 cm³/mol. The predicted octanol–water partition coefficient (Wildman–Crippen LogP) is 2.35. The molecule has 2 aliphatic rings. The molecule has 2 aromatic heterocycles. The Hall–Kier alpha value is -3.37. The zero-order valence-corrected chi connectivity index (χ0v) is 19.9. The fourth-order valence-corrected chi connectivity index (χ4v) is 5.26. The van der Waals surface area contributed by atoms with Crippen molar-refractivity contribution >= 4 is 29.1 Å². The lowest BCUT2D eigenvalue weighted by molar-refractivity contribution is -0.143. The molecule has 4 heterocycles. The van der Waals surface area contributed by atoms with Crippen molar-refractivity contribution < 1.29 is 14.7 Å². The molecule has 0 saturated carbocycles. The normalized spacial score (nSPS) is 23.0. The second kappa shape index (κ2) is 8.77. The Balaban J connectivity index is 1.37. The summed E-state index contributed by atoms with van der Waals surface area (Å²) in [6.45, 7) is 1.29. The van der Waals surface area contributed by atoms with E-state index in [0.29, 0.717) is 35.9 Å². The Kier molecular flexibility index (Phi) is 5.78. The minimum atomic E-state index is -1.50. The van der Waals surface area contributed by atoms with Gasteiger partial charge in [-0.15, -0.1) is 11.3 Å². The van der Waals surface area contributed by atoms with E-state index in [1.54, 1.807) is 42.2 Å². The maximum Gasteiger partial charge on any atom is 0.258 e. The average Bonchev–Trinajstić information content (AvgIpc) is 3.45. The molecule has 2 aliphatic heterocycles. The highest BCUT2D eigenvalue weighted by molar-refractivity contribution is 7.13. The lowest BCUT2D eigenvalue weighted by Crippen LogP contribution is -2.45. The topological polar surface area (TPSA) is 112 Å². The minimum Gasteiger partial charge on any atom is -0.375 e. The van der Waals surface area contributed by atoms with Crippen LogP contribution in [0.25, 0.3) is 22.0 Å². The van der Waals surface area contributed by atoms with Crippen LogP contribution in [0.3, 0.4) is 0 Å². The number of nitrogens with zero attached hydrogens (tertiary/aromatic N) is 5. The number of aromatic nitrogens is 3. The first-order valence-corrected chi connectivity index (χ1v) is 12.1. The third-order valence-corrected chi connectivity index (χ3v) is 7.37. The molecule has 3 aromatic rings. The maximum atomic E-state index is 12.5. The van der Waals surface area contributed by atoms with Crippen LogP contribution in [0, 0.1) is 0 Å². The van der Waals surface area contributed by atoms with Gasteiger partial charge in [-0.1, -0.05) is 18.2 Å².